The van der Waals surface area contributed by atoms with E-state index in [1.165, 1.54) is 0 Å². The molecule has 0 saturated carbocycles. The Hall–Kier alpha value is 0.233. The number of hydrogen-bond donors (Lipinski definition) is 0. The third kappa shape index (κ3) is 6.57. The van der Waals surface area contributed by atoms with Gasteiger partial charge in [-0.05, 0) is 25.7 Å². The smallest absolute Gasteiger partial charge is 0.203 e. The largest absolute Gasteiger partial charge is 0.547 e. The molecule has 0 fully saturated rings. The van der Waals surface area contributed by atoms with Crippen molar-refractivity contribution in [3.05, 3.63) is 0 Å². The van der Waals surface area contributed by atoms with Gasteiger partial charge in [0.2, 0.25) is 5.79 Å². The normalized spacial score (nSPS) is 14.1. The predicted octanol–water partition coefficient (Wildman–Crippen LogP) is 2.66. The number of aliphatic carboxylic acids is 1. The summed E-state index contributed by atoms with van der Waals surface area (Å²) in [7, 11) is 0. The molecule has 0 amide bonds. The van der Waals surface area contributed by atoms with Crippen LogP contribution in [-0.4, -0.2) is 37.2 Å². The number of carbonyl (C=O) groups is 1. The molecule has 0 aromatic rings. The Morgan fingerprint density at radius 2 is 1.26 bits per heavy atom. The van der Waals surface area contributed by atoms with E-state index in [0.29, 0.717) is 26.2 Å². The van der Waals surface area contributed by atoms with Crippen LogP contribution in [0.2, 0.25) is 0 Å². The average molecular weight is 409 g/mol. The first-order valence-electron chi connectivity index (χ1n) is 8.63. The number of ether oxygens (including phenoxy) is 3. The van der Waals surface area contributed by atoms with E-state index in [1.807, 2.05) is 27.7 Å². The van der Waals surface area contributed by atoms with Gasteiger partial charge in [0.1, 0.15) is 0 Å². The third-order valence-corrected chi connectivity index (χ3v) is 3.65. The molecule has 0 saturated heterocycles. The molecule has 23 heavy (non-hydrogen) atoms. The van der Waals surface area contributed by atoms with Gasteiger partial charge in [0.25, 0.3) is 0 Å². The Bertz CT molecular complexity index is 303. The van der Waals surface area contributed by atoms with Gasteiger partial charge in [0.15, 0.2) is 5.60 Å². The van der Waals surface area contributed by atoms with Crippen molar-refractivity contribution in [3.63, 3.8) is 0 Å². The molecule has 0 aromatic heterocycles. The zero-order valence-electron chi connectivity index (χ0n) is 15.4. The standard InChI is InChI=1S/C17H34O5.Zr/c1-6-11-17(21-13-8-3,22-14-9-4)16(10-5,15(18)19)20-12-7-2;/h6-14H2,1-5H3,(H,18,19);/p-1. The molecule has 0 aromatic carbocycles. The van der Waals surface area contributed by atoms with E-state index in [4.69, 9.17) is 14.2 Å². The summed E-state index contributed by atoms with van der Waals surface area (Å²) in [6, 6.07) is 0. The monoisotopic (exact) mass is 407 g/mol. The van der Waals surface area contributed by atoms with Crippen LogP contribution < -0.4 is 5.11 Å². The van der Waals surface area contributed by atoms with E-state index in [9.17, 15) is 9.90 Å². The van der Waals surface area contributed by atoms with E-state index in [2.05, 4.69) is 0 Å². The van der Waals surface area contributed by atoms with Crippen LogP contribution in [0.5, 0.6) is 0 Å². The summed E-state index contributed by atoms with van der Waals surface area (Å²) >= 11 is 0. The second-order valence-electron chi connectivity index (χ2n) is 5.52. The molecule has 0 aliphatic heterocycles. The maximum absolute atomic E-state index is 12.0. The molecular weight excluding hydrogens is 375 g/mol. The third-order valence-electron chi connectivity index (χ3n) is 3.65. The van der Waals surface area contributed by atoms with Gasteiger partial charge in [-0.1, -0.05) is 41.0 Å². The van der Waals surface area contributed by atoms with E-state index >= 15 is 0 Å². The van der Waals surface area contributed by atoms with Crippen molar-refractivity contribution in [1.29, 1.82) is 0 Å². The van der Waals surface area contributed by atoms with Crippen LogP contribution in [0.25, 0.3) is 0 Å². The zero-order chi connectivity index (χ0) is 17.1. The van der Waals surface area contributed by atoms with Gasteiger partial charge in [-0.2, -0.15) is 0 Å². The van der Waals surface area contributed by atoms with Crippen LogP contribution in [0.3, 0.4) is 0 Å². The molecule has 5 nitrogen and oxygen atoms in total. The fraction of sp³-hybridized carbons (Fsp3) is 0.941. The molecule has 1 unspecified atom stereocenters. The molecule has 0 rings (SSSR count). The van der Waals surface area contributed by atoms with Crippen molar-refractivity contribution in [1.82, 2.24) is 0 Å². The van der Waals surface area contributed by atoms with Crippen molar-refractivity contribution >= 4 is 5.97 Å². The first kappa shape index (κ1) is 25.5. The quantitative estimate of drug-likeness (QED) is 0.413. The van der Waals surface area contributed by atoms with Crippen LogP contribution in [0.4, 0.5) is 0 Å². The summed E-state index contributed by atoms with van der Waals surface area (Å²) in [6.45, 7) is 10.8. The van der Waals surface area contributed by atoms with Crippen LogP contribution in [-0.2, 0) is 45.2 Å². The molecular formula is C17H33O5Zr-. The summed E-state index contributed by atoms with van der Waals surface area (Å²) in [4.78, 5) is 12.0. The van der Waals surface area contributed by atoms with Crippen molar-refractivity contribution in [2.45, 2.75) is 84.5 Å². The molecule has 136 valence electrons. The van der Waals surface area contributed by atoms with E-state index < -0.39 is 17.4 Å². The maximum Gasteiger partial charge on any atom is 0.203 e. The predicted molar refractivity (Wildman–Crippen MR) is 84.4 cm³/mol. The van der Waals surface area contributed by atoms with Crippen LogP contribution in [0, 0.1) is 0 Å². The van der Waals surface area contributed by atoms with Crippen molar-refractivity contribution in [3.8, 4) is 0 Å². The molecule has 1 atom stereocenters. The number of carbonyl (C=O) groups excluding carboxylic acids is 1. The Labute approximate surface area is 160 Å². The van der Waals surface area contributed by atoms with Crippen LogP contribution >= 0.6 is 0 Å². The Morgan fingerprint density at radius 1 is 0.826 bits per heavy atom. The fourth-order valence-electron chi connectivity index (χ4n) is 2.60. The van der Waals surface area contributed by atoms with E-state index in [1.54, 1.807) is 6.92 Å². The van der Waals surface area contributed by atoms with Gasteiger partial charge in [-0.25, -0.2) is 0 Å². The minimum absolute atomic E-state index is 0. The summed E-state index contributed by atoms with van der Waals surface area (Å²) in [6.07, 6.45) is 3.71. The Morgan fingerprint density at radius 3 is 1.57 bits per heavy atom. The number of carboxylic acids is 1. The molecule has 0 N–H and O–H groups in total. The van der Waals surface area contributed by atoms with Gasteiger partial charge in [-0.3, -0.25) is 0 Å². The van der Waals surface area contributed by atoms with Gasteiger partial charge >= 0.3 is 0 Å². The number of carboxylic acid groups (broad SMARTS) is 1. The molecule has 0 heterocycles. The molecule has 0 radical (unpaired) electrons. The molecule has 0 bridgehead atoms. The molecule has 0 spiro atoms. The summed E-state index contributed by atoms with van der Waals surface area (Å²) < 4.78 is 17.7. The van der Waals surface area contributed by atoms with Gasteiger partial charge in [0.05, 0.1) is 5.97 Å². The van der Waals surface area contributed by atoms with Crippen LogP contribution in [0.15, 0.2) is 0 Å². The molecule has 0 aliphatic carbocycles. The fourth-order valence-corrected chi connectivity index (χ4v) is 2.60. The maximum atomic E-state index is 12.0. The van der Waals surface area contributed by atoms with Crippen molar-refractivity contribution in [2.75, 3.05) is 19.8 Å². The zero-order valence-corrected chi connectivity index (χ0v) is 17.9. The van der Waals surface area contributed by atoms with Crippen LogP contribution in [0.1, 0.15) is 73.1 Å². The second kappa shape index (κ2) is 13.5. The van der Waals surface area contributed by atoms with Gasteiger partial charge in [0, 0.05) is 52.4 Å². The second-order valence-corrected chi connectivity index (χ2v) is 5.52. The first-order valence-corrected chi connectivity index (χ1v) is 8.63. The van der Waals surface area contributed by atoms with Crippen molar-refractivity contribution in [2.24, 2.45) is 0 Å². The van der Waals surface area contributed by atoms with Gasteiger partial charge < -0.3 is 24.1 Å². The van der Waals surface area contributed by atoms with E-state index in [-0.39, 0.29) is 32.6 Å². The average Bonchev–Trinajstić information content (AvgIpc) is 2.51. The summed E-state index contributed by atoms with van der Waals surface area (Å²) in [5.41, 5.74) is -1.58. The molecule has 0 aliphatic rings. The Balaban J connectivity index is 0. The first-order chi connectivity index (χ1) is 10.5. The minimum Gasteiger partial charge on any atom is -0.547 e. The topological polar surface area (TPSA) is 67.8 Å². The summed E-state index contributed by atoms with van der Waals surface area (Å²) in [5, 5.41) is 12.0. The SMILES string of the molecule is CCCOC(CCC)(OCCC)C(CC)(OCCC)C(=O)[O-].[Zr]. The van der Waals surface area contributed by atoms with Gasteiger partial charge in [-0.15, -0.1) is 0 Å². The Kier molecular flexibility index (Phi) is 15.0. The number of hydrogen-bond acceptors (Lipinski definition) is 5. The van der Waals surface area contributed by atoms with Crippen molar-refractivity contribution < 1.29 is 50.3 Å². The number of rotatable bonds is 14. The van der Waals surface area contributed by atoms with E-state index in [0.717, 1.165) is 25.7 Å². The summed E-state index contributed by atoms with van der Waals surface area (Å²) in [5.74, 6) is -2.56. The minimum atomic E-state index is -1.58. The molecule has 6 heteroatoms.